The fraction of sp³-hybridized carbons (Fsp3) is 0.292. The molecule has 14 heteroatoms. The number of hydrogen-bond acceptors (Lipinski definition) is 10. The van der Waals surface area contributed by atoms with Crippen molar-refractivity contribution in [1.29, 1.82) is 0 Å². The number of anilines is 6. The number of aromatic nitrogens is 4. The van der Waals surface area contributed by atoms with Crippen molar-refractivity contribution in [3.05, 3.63) is 54.9 Å². The highest BCUT2D eigenvalue weighted by Gasteiger charge is 2.35. The molecule has 11 nitrogen and oxygen atoms in total. The highest BCUT2D eigenvalue weighted by molar-refractivity contribution is 5.99. The largest absolute Gasteiger partial charge is 0.479 e. The number of hydrogen-bond donors (Lipinski definition) is 3. The molecule has 0 radical (unpaired) electrons. The molecule has 3 aromatic rings. The van der Waals surface area contributed by atoms with Crippen LogP contribution >= 0.6 is 0 Å². The maximum absolute atomic E-state index is 13.7. The lowest BCUT2D eigenvalue weighted by molar-refractivity contribution is -0.137. The summed E-state index contributed by atoms with van der Waals surface area (Å²) in [6.07, 6.45) is -1.49. The van der Waals surface area contributed by atoms with E-state index < -0.39 is 23.5 Å². The molecular weight excluding hydrogens is 503 g/mol. The molecule has 0 bridgehead atoms. The predicted molar refractivity (Wildman–Crippen MR) is 137 cm³/mol. The Kier molecular flexibility index (Phi) is 7.90. The zero-order valence-electron chi connectivity index (χ0n) is 20.7. The molecule has 1 aliphatic heterocycles. The molecule has 200 valence electrons. The van der Waals surface area contributed by atoms with E-state index in [2.05, 4.69) is 47.4 Å². The summed E-state index contributed by atoms with van der Waals surface area (Å²) < 4.78 is 46.5. The van der Waals surface area contributed by atoms with E-state index in [0.29, 0.717) is 17.8 Å². The Morgan fingerprint density at radius 2 is 1.82 bits per heavy atom. The van der Waals surface area contributed by atoms with E-state index in [9.17, 15) is 18.0 Å². The van der Waals surface area contributed by atoms with Crippen LogP contribution in [0.15, 0.2) is 49.3 Å². The minimum Gasteiger partial charge on any atom is -0.479 e. The molecule has 1 aliphatic rings. The number of likely N-dealkylation sites (N-methyl/N-ethyl adjacent to an activating group) is 1. The number of methoxy groups -OCH3 is 1. The van der Waals surface area contributed by atoms with Crippen LogP contribution in [0.4, 0.5) is 47.9 Å². The first kappa shape index (κ1) is 26.6. The molecule has 0 atom stereocenters. The molecule has 0 saturated carbocycles. The minimum atomic E-state index is -4.72. The number of halogens is 3. The average Bonchev–Trinajstić information content (AvgIpc) is 2.89. The number of piperazine rings is 1. The number of nitrogens with one attached hydrogen (secondary N) is 3. The Balaban J connectivity index is 1.59. The van der Waals surface area contributed by atoms with Crippen LogP contribution in [0.3, 0.4) is 0 Å². The average molecular weight is 530 g/mol. The van der Waals surface area contributed by atoms with Crippen molar-refractivity contribution >= 4 is 40.7 Å². The van der Waals surface area contributed by atoms with Crippen LogP contribution in [0.2, 0.25) is 0 Å². The van der Waals surface area contributed by atoms with Gasteiger partial charge in [0.1, 0.15) is 17.1 Å². The topological polar surface area (TPSA) is 120 Å². The number of amides is 1. The van der Waals surface area contributed by atoms with Crippen molar-refractivity contribution in [3.8, 4) is 5.88 Å². The molecule has 0 unspecified atom stereocenters. The molecule has 1 amide bonds. The third-order valence-electron chi connectivity index (χ3n) is 5.64. The van der Waals surface area contributed by atoms with Gasteiger partial charge in [-0.3, -0.25) is 4.79 Å². The Morgan fingerprint density at radius 3 is 2.50 bits per heavy atom. The normalized spacial score (nSPS) is 14.1. The monoisotopic (exact) mass is 529 g/mol. The molecule has 1 fully saturated rings. The molecule has 3 N–H and O–H groups in total. The molecule has 3 heterocycles. The smallest absolute Gasteiger partial charge is 0.421 e. The summed E-state index contributed by atoms with van der Waals surface area (Å²) in [5.74, 6) is -0.402. The number of nitrogens with zero attached hydrogens (tertiary/aromatic N) is 6. The zero-order valence-corrected chi connectivity index (χ0v) is 20.7. The number of rotatable bonds is 8. The minimum absolute atomic E-state index is 0.133. The highest BCUT2D eigenvalue weighted by atomic mass is 19.4. The van der Waals surface area contributed by atoms with Crippen molar-refractivity contribution in [2.24, 2.45) is 0 Å². The van der Waals surface area contributed by atoms with E-state index in [1.807, 2.05) is 11.9 Å². The quantitative estimate of drug-likeness (QED) is 0.373. The summed E-state index contributed by atoms with van der Waals surface area (Å²) in [5, 5.41) is 8.05. The van der Waals surface area contributed by atoms with Gasteiger partial charge in [0.25, 0.3) is 0 Å². The van der Waals surface area contributed by atoms with Crippen molar-refractivity contribution in [3.63, 3.8) is 0 Å². The van der Waals surface area contributed by atoms with Gasteiger partial charge in [0, 0.05) is 43.8 Å². The van der Waals surface area contributed by atoms with Gasteiger partial charge in [-0.2, -0.15) is 23.1 Å². The first-order chi connectivity index (χ1) is 18.2. The maximum atomic E-state index is 13.7. The Morgan fingerprint density at radius 1 is 1.08 bits per heavy atom. The van der Waals surface area contributed by atoms with Gasteiger partial charge >= 0.3 is 6.18 Å². The van der Waals surface area contributed by atoms with Crippen molar-refractivity contribution < 1.29 is 22.7 Å². The van der Waals surface area contributed by atoms with Gasteiger partial charge < -0.3 is 30.5 Å². The summed E-state index contributed by atoms with van der Waals surface area (Å²) >= 11 is 0. The van der Waals surface area contributed by atoms with Crippen LogP contribution in [0.5, 0.6) is 5.88 Å². The molecule has 0 aliphatic carbocycles. The predicted octanol–water partition coefficient (Wildman–Crippen LogP) is 3.66. The molecule has 0 spiro atoms. The summed E-state index contributed by atoms with van der Waals surface area (Å²) in [4.78, 5) is 32.5. The van der Waals surface area contributed by atoms with Gasteiger partial charge in [0.05, 0.1) is 13.3 Å². The second-order valence-electron chi connectivity index (χ2n) is 8.36. The van der Waals surface area contributed by atoms with Gasteiger partial charge in [-0.1, -0.05) is 12.6 Å². The lowest BCUT2D eigenvalue weighted by atomic mass is 10.2. The fourth-order valence-electron chi connectivity index (χ4n) is 3.63. The van der Waals surface area contributed by atoms with E-state index >= 15 is 0 Å². The van der Waals surface area contributed by atoms with E-state index in [0.717, 1.165) is 32.3 Å². The lowest BCUT2D eigenvalue weighted by Gasteiger charge is -2.32. The standard InChI is InChI=1S/C24H26F3N9O2/c1-4-19(37)30-15-6-5-7-16(12-15)31-20-17(24(25,26)27)13-28-22(33-20)32-18-14-29-23(34-21(18)38-3)36-10-8-35(2)9-11-36/h4-7,12-14H,1,8-11H2,2-3H3,(H,30,37)(H2,28,31,32,33). The van der Waals surface area contributed by atoms with E-state index in [-0.39, 0.29) is 23.2 Å². The van der Waals surface area contributed by atoms with E-state index in [1.54, 1.807) is 12.1 Å². The van der Waals surface area contributed by atoms with Gasteiger partial charge in [-0.05, 0) is 31.3 Å². The molecule has 4 rings (SSSR count). The molecular formula is C24H26F3N9O2. The zero-order chi connectivity index (χ0) is 27.3. The Labute approximate surface area is 216 Å². The second-order valence-corrected chi connectivity index (χ2v) is 8.36. The molecule has 38 heavy (non-hydrogen) atoms. The second kappa shape index (κ2) is 11.3. The van der Waals surface area contributed by atoms with E-state index in [1.165, 1.54) is 25.4 Å². The number of ether oxygens (including phenoxy) is 1. The number of benzene rings is 1. The van der Waals surface area contributed by atoms with Crippen molar-refractivity contribution in [1.82, 2.24) is 24.8 Å². The Hall–Kier alpha value is -4.46. The number of carbonyl (C=O) groups is 1. The maximum Gasteiger partial charge on any atom is 0.421 e. The van der Waals surface area contributed by atoms with Gasteiger partial charge in [0.2, 0.25) is 23.7 Å². The highest BCUT2D eigenvalue weighted by Crippen LogP contribution is 2.36. The summed E-state index contributed by atoms with van der Waals surface area (Å²) in [6.45, 7) is 6.61. The van der Waals surface area contributed by atoms with E-state index in [4.69, 9.17) is 4.74 Å². The fourth-order valence-corrected chi connectivity index (χ4v) is 3.63. The molecule has 1 saturated heterocycles. The van der Waals surface area contributed by atoms with Gasteiger partial charge in [-0.15, -0.1) is 0 Å². The summed E-state index contributed by atoms with van der Waals surface area (Å²) in [7, 11) is 3.47. The molecule has 2 aromatic heterocycles. The van der Waals surface area contributed by atoms with Crippen molar-refractivity contribution in [2.45, 2.75) is 6.18 Å². The number of alkyl halides is 3. The summed E-state index contributed by atoms with van der Waals surface area (Å²) in [5.41, 5.74) is -0.162. The first-order valence-corrected chi connectivity index (χ1v) is 11.5. The Bertz CT molecular complexity index is 1310. The van der Waals surface area contributed by atoms with Gasteiger partial charge in [0.15, 0.2) is 0 Å². The third-order valence-corrected chi connectivity index (χ3v) is 5.64. The summed E-state index contributed by atoms with van der Waals surface area (Å²) in [6, 6.07) is 6.15. The van der Waals surface area contributed by atoms with Crippen LogP contribution in [0, 0.1) is 0 Å². The third kappa shape index (κ3) is 6.45. The SMILES string of the molecule is C=CC(=O)Nc1cccc(Nc2nc(Nc3cnc(N4CCN(C)CC4)nc3OC)ncc2C(F)(F)F)c1. The van der Waals surface area contributed by atoms with Crippen LogP contribution in [-0.4, -0.2) is 71.1 Å². The van der Waals surface area contributed by atoms with Crippen molar-refractivity contribution in [2.75, 3.05) is 61.2 Å². The van der Waals surface area contributed by atoms with Crippen LogP contribution in [0.25, 0.3) is 0 Å². The van der Waals surface area contributed by atoms with Crippen LogP contribution in [-0.2, 0) is 11.0 Å². The molecule has 1 aromatic carbocycles. The lowest BCUT2D eigenvalue weighted by Crippen LogP contribution is -2.45. The first-order valence-electron chi connectivity index (χ1n) is 11.5. The van der Waals surface area contributed by atoms with Crippen LogP contribution in [0.1, 0.15) is 5.56 Å². The number of carbonyl (C=O) groups excluding carboxylic acids is 1. The van der Waals surface area contributed by atoms with Gasteiger partial charge in [-0.25, -0.2) is 9.97 Å². The van der Waals surface area contributed by atoms with Crippen LogP contribution < -0.4 is 25.6 Å².